The molecule has 4 nitrogen and oxygen atoms in total. The summed E-state index contributed by atoms with van der Waals surface area (Å²) in [4.78, 5) is 4.48. The van der Waals surface area contributed by atoms with Gasteiger partial charge in [-0.3, -0.25) is 4.84 Å². The third-order valence-electron chi connectivity index (χ3n) is 1.89. The van der Waals surface area contributed by atoms with Gasteiger partial charge in [0.2, 0.25) is 0 Å². The van der Waals surface area contributed by atoms with E-state index in [-0.39, 0.29) is 12.4 Å². The van der Waals surface area contributed by atoms with Crippen LogP contribution in [0.25, 0.3) is 11.0 Å². The first-order valence-corrected chi connectivity index (χ1v) is 3.82. The van der Waals surface area contributed by atoms with Crippen LogP contribution in [0.5, 0.6) is 5.75 Å². The van der Waals surface area contributed by atoms with Crippen LogP contribution in [0.2, 0.25) is 0 Å². The van der Waals surface area contributed by atoms with Gasteiger partial charge < -0.3 is 9.52 Å². The molecule has 0 aliphatic heterocycles. The molecule has 68 valence electrons. The van der Waals surface area contributed by atoms with Crippen LogP contribution in [0.1, 0.15) is 5.56 Å². The van der Waals surface area contributed by atoms with E-state index in [1.165, 1.54) is 6.26 Å². The highest BCUT2D eigenvalue weighted by Crippen LogP contribution is 2.29. The summed E-state index contributed by atoms with van der Waals surface area (Å²) < 4.78 is 5.19. The molecule has 2 rings (SSSR count). The van der Waals surface area contributed by atoms with E-state index < -0.39 is 0 Å². The Morgan fingerprint density at radius 3 is 3.08 bits per heavy atom. The Hall–Kier alpha value is -1.52. The summed E-state index contributed by atoms with van der Waals surface area (Å²) in [6.45, 7) is 0.227. The smallest absolute Gasteiger partial charge is 0.137 e. The van der Waals surface area contributed by atoms with Crippen LogP contribution in [0.3, 0.4) is 0 Å². The Balaban J connectivity index is 2.64. The van der Waals surface area contributed by atoms with Gasteiger partial charge in [-0.25, -0.2) is 5.90 Å². The summed E-state index contributed by atoms with van der Waals surface area (Å²) >= 11 is 0. The van der Waals surface area contributed by atoms with Crippen molar-refractivity contribution in [3.8, 4) is 5.75 Å². The molecule has 0 fully saturated rings. The monoisotopic (exact) mass is 179 g/mol. The largest absolute Gasteiger partial charge is 0.507 e. The zero-order valence-electron chi connectivity index (χ0n) is 6.86. The fourth-order valence-electron chi connectivity index (χ4n) is 1.33. The van der Waals surface area contributed by atoms with Crippen molar-refractivity contribution in [1.82, 2.24) is 0 Å². The third-order valence-corrected chi connectivity index (χ3v) is 1.89. The lowest BCUT2D eigenvalue weighted by molar-refractivity contribution is 0.124. The summed E-state index contributed by atoms with van der Waals surface area (Å²) in [6, 6.07) is 5.08. The highest BCUT2D eigenvalue weighted by atomic mass is 16.6. The Labute approximate surface area is 74.5 Å². The molecular formula is C9H9NO3. The molecule has 0 bridgehead atoms. The molecule has 0 saturated heterocycles. The summed E-state index contributed by atoms with van der Waals surface area (Å²) in [7, 11) is 0. The zero-order chi connectivity index (χ0) is 9.26. The van der Waals surface area contributed by atoms with Crippen LogP contribution in [-0.2, 0) is 11.4 Å². The number of hydrogen-bond donors (Lipinski definition) is 2. The number of benzene rings is 1. The molecule has 1 aromatic heterocycles. The maximum atomic E-state index is 9.51. The van der Waals surface area contributed by atoms with Gasteiger partial charge in [0, 0.05) is 5.56 Å². The number of aromatic hydroxyl groups is 1. The second-order valence-electron chi connectivity index (χ2n) is 2.72. The number of phenols is 1. The summed E-state index contributed by atoms with van der Waals surface area (Å²) in [5, 5.41) is 10.2. The lowest BCUT2D eigenvalue weighted by atomic mass is 10.2. The fourth-order valence-corrected chi connectivity index (χ4v) is 1.33. The topological polar surface area (TPSA) is 68.6 Å². The number of furan rings is 1. The van der Waals surface area contributed by atoms with Gasteiger partial charge in [0.25, 0.3) is 0 Å². The van der Waals surface area contributed by atoms with Gasteiger partial charge in [0.1, 0.15) is 11.3 Å². The predicted molar refractivity (Wildman–Crippen MR) is 46.9 cm³/mol. The molecule has 1 heterocycles. The van der Waals surface area contributed by atoms with Crippen LogP contribution >= 0.6 is 0 Å². The van der Waals surface area contributed by atoms with Gasteiger partial charge >= 0.3 is 0 Å². The highest BCUT2D eigenvalue weighted by Gasteiger charge is 2.08. The van der Waals surface area contributed by atoms with Crippen molar-refractivity contribution in [2.75, 3.05) is 0 Å². The Kier molecular flexibility index (Phi) is 1.92. The fraction of sp³-hybridized carbons (Fsp3) is 0.111. The van der Waals surface area contributed by atoms with Gasteiger partial charge in [-0.1, -0.05) is 6.07 Å². The van der Waals surface area contributed by atoms with Crippen LogP contribution in [0, 0.1) is 0 Å². The van der Waals surface area contributed by atoms with E-state index in [9.17, 15) is 5.11 Å². The summed E-state index contributed by atoms with van der Waals surface area (Å²) in [5.74, 6) is 5.12. The van der Waals surface area contributed by atoms with Crippen LogP contribution in [-0.4, -0.2) is 5.11 Å². The second-order valence-corrected chi connectivity index (χ2v) is 2.72. The van der Waals surface area contributed by atoms with Crippen molar-refractivity contribution in [1.29, 1.82) is 0 Å². The Bertz CT molecular complexity index is 422. The van der Waals surface area contributed by atoms with Crippen LogP contribution in [0.15, 0.2) is 28.9 Å². The van der Waals surface area contributed by atoms with Gasteiger partial charge in [0.15, 0.2) is 0 Å². The molecule has 3 N–H and O–H groups in total. The molecule has 0 aliphatic rings. The Morgan fingerprint density at radius 2 is 2.31 bits per heavy atom. The minimum Gasteiger partial charge on any atom is -0.507 e. The van der Waals surface area contributed by atoms with Gasteiger partial charge in [0.05, 0.1) is 18.3 Å². The number of rotatable bonds is 2. The molecule has 0 radical (unpaired) electrons. The zero-order valence-corrected chi connectivity index (χ0v) is 6.86. The van der Waals surface area contributed by atoms with Crippen molar-refractivity contribution in [2.24, 2.45) is 5.90 Å². The minimum absolute atomic E-state index is 0.179. The van der Waals surface area contributed by atoms with Crippen LogP contribution < -0.4 is 5.90 Å². The highest BCUT2D eigenvalue weighted by molar-refractivity contribution is 5.86. The number of phenolic OH excluding ortho intramolecular Hbond substituents is 1. The van der Waals surface area contributed by atoms with Crippen molar-refractivity contribution in [3.63, 3.8) is 0 Å². The maximum absolute atomic E-state index is 9.51. The van der Waals surface area contributed by atoms with Gasteiger partial charge in [-0.05, 0) is 12.1 Å². The van der Waals surface area contributed by atoms with E-state index in [0.717, 1.165) is 5.56 Å². The molecule has 1 aromatic carbocycles. The van der Waals surface area contributed by atoms with Gasteiger partial charge in [-0.2, -0.15) is 0 Å². The molecule has 0 atom stereocenters. The third kappa shape index (κ3) is 1.26. The molecular weight excluding hydrogens is 170 g/mol. The van der Waals surface area contributed by atoms with Gasteiger partial charge in [-0.15, -0.1) is 0 Å². The van der Waals surface area contributed by atoms with E-state index in [1.807, 2.05) is 0 Å². The van der Waals surface area contributed by atoms with Crippen LogP contribution in [0.4, 0.5) is 0 Å². The van der Waals surface area contributed by atoms with Crippen molar-refractivity contribution in [3.05, 3.63) is 30.0 Å². The number of fused-ring (bicyclic) bond motifs is 1. The standard InChI is InChI=1S/C9H9NO3/c10-13-5-6-4-12-8-3-1-2-7(11)9(6)8/h1-4,11H,5,10H2. The van der Waals surface area contributed by atoms with E-state index in [2.05, 4.69) is 4.84 Å². The van der Waals surface area contributed by atoms with Crippen molar-refractivity contribution >= 4 is 11.0 Å². The molecule has 4 heteroatoms. The molecule has 0 amide bonds. The van der Waals surface area contributed by atoms with Crippen molar-refractivity contribution in [2.45, 2.75) is 6.61 Å². The maximum Gasteiger partial charge on any atom is 0.137 e. The SMILES string of the molecule is NOCc1coc2cccc(O)c12. The molecule has 0 spiro atoms. The van der Waals surface area contributed by atoms with Crippen molar-refractivity contribution < 1.29 is 14.4 Å². The second kappa shape index (κ2) is 3.08. The normalized spacial score (nSPS) is 10.8. The molecule has 0 saturated carbocycles. The lowest BCUT2D eigenvalue weighted by Gasteiger charge is -1.96. The van der Waals surface area contributed by atoms with E-state index in [4.69, 9.17) is 10.3 Å². The molecule has 2 aromatic rings. The first kappa shape index (κ1) is 8.10. The average molecular weight is 179 g/mol. The molecule has 0 unspecified atom stereocenters. The summed E-state index contributed by atoms with van der Waals surface area (Å²) in [6.07, 6.45) is 1.53. The summed E-state index contributed by atoms with van der Waals surface area (Å²) in [5.41, 5.74) is 1.38. The number of hydrogen-bond acceptors (Lipinski definition) is 4. The van der Waals surface area contributed by atoms with E-state index in [1.54, 1.807) is 18.2 Å². The Morgan fingerprint density at radius 1 is 1.46 bits per heavy atom. The van der Waals surface area contributed by atoms with E-state index in [0.29, 0.717) is 11.0 Å². The van der Waals surface area contributed by atoms with E-state index >= 15 is 0 Å². The average Bonchev–Trinajstić information content (AvgIpc) is 2.51. The first-order chi connectivity index (χ1) is 6.33. The molecule has 13 heavy (non-hydrogen) atoms. The lowest BCUT2D eigenvalue weighted by Crippen LogP contribution is -1.97. The quantitative estimate of drug-likeness (QED) is 0.686. The minimum atomic E-state index is 0.179. The predicted octanol–water partition coefficient (Wildman–Crippen LogP) is 1.53. The molecule has 0 aliphatic carbocycles. The number of nitrogens with two attached hydrogens (primary N) is 1. The first-order valence-electron chi connectivity index (χ1n) is 3.82.